The number of benzene rings is 1. The first kappa shape index (κ1) is 15.2. The molecule has 0 unspecified atom stereocenters. The number of likely N-dealkylation sites (N-methyl/N-ethyl adjacent to an activating group) is 1. The number of nitrogens with two attached hydrogens (primary N) is 1. The van der Waals surface area contributed by atoms with E-state index in [-0.39, 0.29) is 10.6 Å². The van der Waals surface area contributed by atoms with Crippen molar-refractivity contribution in [2.75, 3.05) is 39.0 Å². The molecule has 1 fully saturated rings. The van der Waals surface area contributed by atoms with Crippen LogP contribution >= 0.6 is 0 Å². The van der Waals surface area contributed by atoms with Crippen LogP contribution in [0.5, 0.6) is 0 Å². The maximum Gasteiger partial charge on any atom is 0.245 e. The molecule has 1 aromatic rings. The van der Waals surface area contributed by atoms with Gasteiger partial charge in [-0.15, -0.1) is 0 Å². The fourth-order valence-corrected chi connectivity index (χ4v) is 3.51. The van der Waals surface area contributed by atoms with Gasteiger partial charge in [0.1, 0.15) is 10.7 Å². The van der Waals surface area contributed by atoms with Crippen LogP contribution in [-0.4, -0.2) is 50.8 Å². The number of sulfonamides is 1. The molecule has 1 heterocycles. The highest BCUT2D eigenvalue weighted by molar-refractivity contribution is 7.89. The second-order valence-electron chi connectivity index (χ2n) is 5.07. The average Bonchev–Trinajstić information content (AvgIpc) is 2.88. The molecule has 2 N–H and O–H groups in total. The largest absolute Gasteiger partial charge is 0.399 e. The number of nitrogens with zero attached hydrogens (tertiary/aromatic N) is 2. The number of anilines is 1. The third kappa shape index (κ3) is 3.28. The highest BCUT2D eigenvalue weighted by Crippen LogP contribution is 2.20. The van der Waals surface area contributed by atoms with Gasteiger partial charge in [-0.25, -0.2) is 12.8 Å². The fraction of sp³-hybridized carbons (Fsp3) is 0.538. The molecule has 112 valence electrons. The zero-order valence-electron chi connectivity index (χ0n) is 11.5. The molecule has 5 nitrogen and oxygen atoms in total. The maximum absolute atomic E-state index is 13.8. The van der Waals surface area contributed by atoms with Gasteiger partial charge in [-0.05, 0) is 44.1 Å². The first-order valence-electron chi connectivity index (χ1n) is 6.65. The third-order valence-corrected chi connectivity index (χ3v) is 5.46. The second-order valence-corrected chi connectivity index (χ2v) is 7.08. The summed E-state index contributed by atoms with van der Waals surface area (Å²) in [4.78, 5) is 1.89. The lowest BCUT2D eigenvalue weighted by atomic mass is 10.3. The maximum atomic E-state index is 13.8. The van der Waals surface area contributed by atoms with Crippen LogP contribution in [-0.2, 0) is 10.0 Å². The van der Waals surface area contributed by atoms with Crippen LogP contribution in [0.25, 0.3) is 0 Å². The summed E-state index contributed by atoms with van der Waals surface area (Å²) in [5, 5.41) is 0. The Bertz CT molecular complexity index is 571. The summed E-state index contributed by atoms with van der Waals surface area (Å²) in [5.41, 5.74) is 5.64. The van der Waals surface area contributed by atoms with E-state index in [0.29, 0.717) is 13.1 Å². The number of hydrogen-bond acceptors (Lipinski definition) is 4. The minimum Gasteiger partial charge on any atom is -0.399 e. The second kappa shape index (κ2) is 6.07. The molecule has 0 aromatic heterocycles. The highest BCUT2D eigenvalue weighted by Gasteiger charge is 2.25. The Morgan fingerprint density at radius 1 is 1.35 bits per heavy atom. The minimum absolute atomic E-state index is 0.209. The minimum atomic E-state index is -3.80. The Labute approximate surface area is 119 Å². The van der Waals surface area contributed by atoms with Crippen molar-refractivity contribution in [2.24, 2.45) is 0 Å². The molecule has 0 bridgehead atoms. The van der Waals surface area contributed by atoms with Gasteiger partial charge in [0.2, 0.25) is 10.0 Å². The van der Waals surface area contributed by atoms with Gasteiger partial charge in [-0.3, -0.25) is 0 Å². The molecular weight excluding hydrogens is 281 g/mol. The number of hydrogen-bond donors (Lipinski definition) is 1. The van der Waals surface area contributed by atoms with Crippen molar-refractivity contribution in [2.45, 2.75) is 17.7 Å². The zero-order valence-corrected chi connectivity index (χ0v) is 12.4. The Kier molecular flexibility index (Phi) is 4.62. The molecule has 2 rings (SSSR count). The van der Waals surface area contributed by atoms with Gasteiger partial charge in [-0.2, -0.15) is 4.31 Å². The zero-order chi connectivity index (χ0) is 14.8. The lowest BCUT2D eigenvalue weighted by Gasteiger charge is -2.21. The Morgan fingerprint density at radius 3 is 2.60 bits per heavy atom. The quantitative estimate of drug-likeness (QED) is 0.828. The van der Waals surface area contributed by atoms with E-state index in [1.807, 2.05) is 0 Å². The van der Waals surface area contributed by atoms with Crippen molar-refractivity contribution in [3.8, 4) is 0 Å². The van der Waals surface area contributed by atoms with Crippen molar-refractivity contribution < 1.29 is 12.8 Å². The van der Waals surface area contributed by atoms with E-state index in [9.17, 15) is 12.8 Å². The molecule has 7 heteroatoms. The van der Waals surface area contributed by atoms with E-state index in [2.05, 4.69) is 4.90 Å². The summed E-state index contributed by atoms with van der Waals surface area (Å²) in [5.74, 6) is -0.807. The van der Waals surface area contributed by atoms with Gasteiger partial charge in [0.25, 0.3) is 0 Å². The predicted molar refractivity (Wildman–Crippen MR) is 76.3 cm³/mol. The average molecular weight is 301 g/mol. The molecule has 0 aliphatic carbocycles. The molecule has 1 aliphatic heterocycles. The molecular formula is C13H20FN3O2S. The van der Waals surface area contributed by atoms with E-state index in [1.165, 1.54) is 23.5 Å². The number of halogens is 1. The predicted octanol–water partition coefficient (Wildman–Crippen LogP) is 1.12. The van der Waals surface area contributed by atoms with Crippen LogP contribution in [0.15, 0.2) is 23.1 Å². The Balaban J connectivity index is 2.08. The van der Waals surface area contributed by atoms with E-state index in [0.717, 1.165) is 32.0 Å². The monoisotopic (exact) mass is 301 g/mol. The van der Waals surface area contributed by atoms with E-state index >= 15 is 0 Å². The lowest BCUT2D eigenvalue weighted by Crippen LogP contribution is -2.35. The van der Waals surface area contributed by atoms with Gasteiger partial charge in [0, 0.05) is 25.8 Å². The third-order valence-electron chi connectivity index (χ3n) is 3.57. The van der Waals surface area contributed by atoms with Crippen molar-refractivity contribution in [3.05, 3.63) is 24.0 Å². The van der Waals surface area contributed by atoms with E-state index < -0.39 is 15.8 Å². The molecule has 0 spiro atoms. The lowest BCUT2D eigenvalue weighted by molar-refractivity contribution is 0.309. The highest BCUT2D eigenvalue weighted by atomic mass is 32.2. The molecule has 1 aliphatic rings. The SMILES string of the molecule is CN(CCN1CCCC1)S(=O)(=O)c1ccc(N)cc1F. The molecule has 0 saturated carbocycles. The standard InChI is InChI=1S/C13H20FN3O2S/c1-16(8-9-17-6-2-3-7-17)20(18,19)13-5-4-11(15)10-12(13)14/h4-5,10H,2-3,6-9,15H2,1H3. The van der Waals surface area contributed by atoms with Crippen molar-refractivity contribution in [3.63, 3.8) is 0 Å². The van der Waals surface area contributed by atoms with Gasteiger partial charge >= 0.3 is 0 Å². The van der Waals surface area contributed by atoms with Crippen molar-refractivity contribution in [1.82, 2.24) is 9.21 Å². The van der Waals surface area contributed by atoms with Crippen molar-refractivity contribution in [1.29, 1.82) is 0 Å². The van der Waals surface area contributed by atoms with Crippen LogP contribution < -0.4 is 5.73 Å². The van der Waals surface area contributed by atoms with Crippen LogP contribution in [0.3, 0.4) is 0 Å². The molecule has 0 amide bonds. The van der Waals surface area contributed by atoms with Crippen LogP contribution in [0.1, 0.15) is 12.8 Å². The summed E-state index contributed by atoms with van der Waals surface area (Å²) in [7, 11) is -2.33. The number of nitrogen functional groups attached to an aromatic ring is 1. The summed E-state index contributed by atoms with van der Waals surface area (Å²) < 4.78 is 39.5. The smallest absolute Gasteiger partial charge is 0.245 e. The first-order valence-corrected chi connectivity index (χ1v) is 8.09. The normalized spacial score (nSPS) is 16.9. The summed E-state index contributed by atoms with van der Waals surface area (Å²) >= 11 is 0. The van der Waals surface area contributed by atoms with Gasteiger partial charge in [0.05, 0.1) is 0 Å². The van der Waals surface area contributed by atoms with Crippen LogP contribution in [0.4, 0.5) is 10.1 Å². The summed E-state index contributed by atoms with van der Waals surface area (Å²) in [6.45, 7) is 3.03. The van der Waals surface area contributed by atoms with Crippen LogP contribution in [0, 0.1) is 5.82 Å². The van der Waals surface area contributed by atoms with Crippen molar-refractivity contribution >= 4 is 15.7 Å². The van der Waals surface area contributed by atoms with E-state index in [1.54, 1.807) is 0 Å². The van der Waals surface area contributed by atoms with Gasteiger partial charge in [0.15, 0.2) is 0 Å². The summed E-state index contributed by atoms with van der Waals surface area (Å²) in [6.07, 6.45) is 2.31. The fourth-order valence-electron chi connectivity index (χ4n) is 2.30. The van der Waals surface area contributed by atoms with Crippen LogP contribution in [0.2, 0.25) is 0 Å². The molecule has 1 aromatic carbocycles. The molecule has 0 atom stereocenters. The Morgan fingerprint density at radius 2 is 2.00 bits per heavy atom. The first-order chi connectivity index (χ1) is 9.41. The van der Waals surface area contributed by atoms with E-state index in [4.69, 9.17) is 5.73 Å². The summed E-state index contributed by atoms with van der Waals surface area (Å²) in [6, 6.07) is 3.64. The van der Waals surface area contributed by atoms with Gasteiger partial charge in [-0.1, -0.05) is 0 Å². The van der Waals surface area contributed by atoms with Gasteiger partial charge < -0.3 is 10.6 Å². The topological polar surface area (TPSA) is 66.6 Å². The molecule has 1 saturated heterocycles. The molecule has 0 radical (unpaired) electrons. The Hall–Kier alpha value is -1.18. The molecule has 20 heavy (non-hydrogen) atoms. The number of likely N-dealkylation sites (tertiary alicyclic amines) is 1. The number of rotatable bonds is 5.